The fraction of sp³-hybridized carbons (Fsp3) is 0. The minimum absolute atomic E-state index is 0.337. The van der Waals surface area contributed by atoms with Crippen molar-refractivity contribution in [1.82, 2.24) is 0 Å². The van der Waals surface area contributed by atoms with Gasteiger partial charge in [-0.2, -0.15) is 0 Å². The quantitative estimate of drug-likeness (QED) is 0.531. The molecule has 0 fully saturated rings. The Bertz CT molecular complexity index is 778. The van der Waals surface area contributed by atoms with Crippen molar-refractivity contribution < 1.29 is 9.90 Å². The van der Waals surface area contributed by atoms with Crippen LogP contribution >= 0.6 is 0 Å². The van der Waals surface area contributed by atoms with E-state index in [1.165, 1.54) is 0 Å². The first-order valence-electron chi connectivity index (χ1n) is 5.58. The Kier molecular flexibility index (Phi) is 2.42. The number of benzene rings is 3. The topological polar surface area (TPSA) is 37.3 Å². The molecule has 0 unspecified atom stereocenters. The van der Waals surface area contributed by atoms with Crippen molar-refractivity contribution in [2.75, 3.05) is 0 Å². The molecule has 0 aliphatic rings. The van der Waals surface area contributed by atoms with E-state index in [0.29, 0.717) is 5.56 Å². The van der Waals surface area contributed by atoms with Crippen LogP contribution in [-0.2, 0) is 0 Å². The van der Waals surface area contributed by atoms with E-state index in [-0.39, 0.29) is 0 Å². The number of fused-ring (bicyclic) bond motifs is 3. The highest BCUT2D eigenvalue weighted by Gasteiger charge is 2.12. The lowest BCUT2D eigenvalue weighted by Crippen LogP contribution is -2.06. The molecule has 0 heterocycles. The molecule has 0 aromatic heterocycles. The van der Waals surface area contributed by atoms with E-state index in [1.54, 1.807) is 6.07 Å². The van der Waals surface area contributed by atoms with Crippen LogP contribution in [0.4, 0.5) is 0 Å². The van der Waals surface area contributed by atoms with E-state index in [1.807, 2.05) is 42.5 Å². The molecule has 0 saturated carbocycles. The van der Waals surface area contributed by atoms with Crippen molar-refractivity contribution >= 4 is 42.9 Å². The van der Waals surface area contributed by atoms with Crippen molar-refractivity contribution in [1.29, 1.82) is 0 Å². The molecule has 0 aliphatic heterocycles. The third-order valence-corrected chi connectivity index (χ3v) is 3.57. The molecule has 0 bridgehead atoms. The molecular formula is C15H9O2Si. The molecule has 3 rings (SSSR count). The summed E-state index contributed by atoms with van der Waals surface area (Å²) in [4.78, 5) is 11.4. The molecule has 0 saturated heterocycles. The predicted octanol–water partition coefficient (Wildman–Crippen LogP) is 2.49. The highest BCUT2D eigenvalue weighted by Crippen LogP contribution is 2.27. The Morgan fingerprint density at radius 3 is 2.22 bits per heavy atom. The van der Waals surface area contributed by atoms with Crippen LogP contribution < -0.4 is 5.19 Å². The monoisotopic (exact) mass is 249 g/mol. The summed E-state index contributed by atoms with van der Waals surface area (Å²) in [5, 5.41) is 13.9. The fourth-order valence-electron chi connectivity index (χ4n) is 2.31. The van der Waals surface area contributed by atoms with E-state index in [9.17, 15) is 9.90 Å². The van der Waals surface area contributed by atoms with Gasteiger partial charge in [-0.15, -0.1) is 0 Å². The zero-order chi connectivity index (χ0) is 12.7. The highest BCUT2D eigenvalue weighted by molar-refractivity contribution is 6.40. The maximum absolute atomic E-state index is 11.4. The molecule has 0 spiro atoms. The molecule has 3 aromatic carbocycles. The fourth-order valence-corrected chi connectivity index (χ4v) is 2.61. The Morgan fingerprint density at radius 1 is 0.889 bits per heavy atom. The van der Waals surface area contributed by atoms with Gasteiger partial charge in [0.25, 0.3) is 0 Å². The predicted molar refractivity (Wildman–Crippen MR) is 73.8 cm³/mol. The highest BCUT2D eigenvalue weighted by atomic mass is 28.1. The smallest absolute Gasteiger partial charge is 0.336 e. The molecular weight excluding hydrogens is 240 g/mol. The van der Waals surface area contributed by atoms with E-state index < -0.39 is 5.97 Å². The van der Waals surface area contributed by atoms with Gasteiger partial charge >= 0.3 is 5.97 Å². The molecule has 85 valence electrons. The van der Waals surface area contributed by atoms with Crippen molar-refractivity contribution in [2.24, 2.45) is 0 Å². The van der Waals surface area contributed by atoms with Gasteiger partial charge in [0.15, 0.2) is 0 Å². The van der Waals surface area contributed by atoms with E-state index in [4.69, 9.17) is 0 Å². The summed E-state index contributed by atoms with van der Waals surface area (Å²) >= 11 is 0. The maximum atomic E-state index is 11.4. The number of rotatable bonds is 1. The van der Waals surface area contributed by atoms with E-state index >= 15 is 0 Å². The molecule has 2 nitrogen and oxygen atoms in total. The number of carbonyl (C=O) groups is 1. The first-order chi connectivity index (χ1) is 8.68. The molecule has 18 heavy (non-hydrogen) atoms. The number of aromatic carboxylic acids is 1. The van der Waals surface area contributed by atoms with E-state index in [2.05, 4.69) is 10.2 Å². The van der Waals surface area contributed by atoms with E-state index in [0.717, 1.165) is 26.7 Å². The summed E-state index contributed by atoms with van der Waals surface area (Å²) in [7, 11) is 3.53. The van der Waals surface area contributed by atoms with Crippen LogP contribution in [0, 0.1) is 0 Å². The second-order valence-corrected chi connectivity index (χ2v) is 4.71. The largest absolute Gasteiger partial charge is 0.478 e. The lowest BCUT2D eigenvalue weighted by molar-refractivity contribution is 0.0699. The van der Waals surface area contributed by atoms with Gasteiger partial charge in [0.05, 0.1) is 15.8 Å². The zero-order valence-corrected chi connectivity index (χ0v) is 10.5. The van der Waals surface area contributed by atoms with Crippen LogP contribution in [-0.4, -0.2) is 21.3 Å². The average Bonchev–Trinajstić information content (AvgIpc) is 2.38. The lowest BCUT2D eigenvalue weighted by atomic mass is 9.97. The summed E-state index contributed by atoms with van der Waals surface area (Å²) in [6, 6.07) is 15.2. The number of carboxylic acids is 1. The van der Waals surface area contributed by atoms with Crippen molar-refractivity contribution in [2.45, 2.75) is 0 Å². The van der Waals surface area contributed by atoms with Crippen LogP contribution in [0.2, 0.25) is 0 Å². The molecule has 0 aliphatic carbocycles. The summed E-state index contributed by atoms with van der Waals surface area (Å²) in [5.41, 5.74) is 0.337. The first-order valence-corrected chi connectivity index (χ1v) is 6.08. The standard InChI is InChI=1S/C15H9O2Si/c16-15(17)13-8-12-10(6-3-7-14(12)18)9-4-1-2-5-11(9)13/h1-8H,(H,16,17). The van der Waals surface area contributed by atoms with Crippen molar-refractivity contribution in [3.8, 4) is 0 Å². The molecule has 0 amide bonds. The van der Waals surface area contributed by atoms with Gasteiger partial charge in [0.1, 0.15) is 0 Å². The number of carboxylic acid groups (broad SMARTS) is 1. The summed E-state index contributed by atoms with van der Waals surface area (Å²) < 4.78 is 0. The van der Waals surface area contributed by atoms with Gasteiger partial charge in [0, 0.05) is 0 Å². The normalized spacial score (nSPS) is 10.9. The molecule has 3 radical (unpaired) electrons. The maximum Gasteiger partial charge on any atom is 0.336 e. The Morgan fingerprint density at radius 2 is 1.50 bits per heavy atom. The summed E-state index contributed by atoms with van der Waals surface area (Å²) in [5.74, 6) is -0.900. The summed E-state index contributed by atoms with van der Waals surface area (Å²) in [6.07, 6.45) is 0. The second kappa shape index (κ2) is 3.96. The molecule has 0 atom stereocenters. The van der Waals surface area contributed by atoms with Crippen molar-refractivity contribution in [3.63, 3.8) is 0 Å². The van der Waals surface area contributed by atoms with Crippen LogP contribution in [0.25, 0.3) is 21.5 Å². The zero-order valence-electron chi connectivity index (χ0n) is 9.47. The molecule has 3 aromatic rings. The average molecular weight is 249 g/mol. The van der Waals surface area contributed by atoms with Gasteiger partial charge in [-0.25, -0.2) is 4.79 Å². The number of hydrogen-bond donors (Lipinski definition) is 1. The SMILES string of the molecule is O=C(O)c1cc2c([Si])cccc2c2ccccc12. The Labute approximate surface area is 107 Å². The Hall–Kier alpha value is -2.13. The second-order valence-electron chi connectivity index (χ2n) is 4.18. The van der Waals surface area contributed by atoms with Gasteiger partial charge in [0.2, 0.25) is 0 Å². The minimum atomic E-state index is -0.900. The third kappa shape index (κ3) is 1.52. The minimum Gasteiger partial charge on any atom is -0.478 e. The first kappa shape index (κ1) is 11.0. The van der Waals surface area contributed by atoms with Gasteiger partial charge in [-0.05, 0) is 27.6 Å². The van der Waals surface area contributed by atoms with Crippen LogP contribution in [0.1, 0.15) is 10.4 Å². The summed E-state index contributed by atoms with van der Waals surface area (Å²) in [6.45, 7) is 0. The van der Waals surface area contributed by atoms with Crippen LogP contribution in [0.15, 0.2) is 48.5 Å². The molecule has 1 N–H and O–H groups in total. The van der Waals surface area contributed by atoms with Gasteiger partial charge in [-0.1, -0.05) is 47.7 Å². The van der Waals surface area contributed by atoms with Gasteiger partial charge < -0.3 is 5.11 Å². The van der Waals surface area contributed by atoms with Crippen molar-refractivity contribution in [3.05, 3.63) is 54.1 Å². The molecule has 3 heteroatoms. The number of hydrogen-bond acceptors (Lipinski definition) is 1. The van der Waals surface area contributed by atoms with Crippen LogP contribution in [0.5, 0.6) is 0 Å². The Balaban J connectivity index is 2.61. The third-order valence-electron chi connectivity index (χ3n) is 3.13. The van der Waals surface area contributed by atoms with Crippen LogP contribution in [0.3, 0.4) is 0 Å². The lowest BCUT2D eigenvalue weighted by Gasteiger charge is -2.09. The van der Waals surface area contributed by atoms with Gasteiger partial charge in [-0.3, -0.25) is 0 Å².